The van der Waals surface area contributed by atoms with Crippen LogP contribution in [-0.2, 0) is 6.54 Å². The van der Waals surface area contributed by atoms with E-state index >= 15 is 0 Å². The molecule has 0 amide bonds. The first kappa shape index (κ1) is 13.2. The molecule has 1 aromatic carbocycles. The Labute approximate surface area is 119 Å². The number of benzene rings is 1. The molecule has 0 unspecified atom stereocenters. The minimum atomic E-state index is 0.688. The molecule has 5 heteroatoms. The molecule has 0 bridgehead atoms. The predicted octanol–water partition coefficient (Wildman–Crippen LogP) is 3.66. The molecule has 94 valence electrons. The molecular formula is C13H13BrN2OS. The summed E-state index contributed by atoms with van der Waals surface area (Å²) in [5.74, 6) is 0. The smallest absolute Gasteiger partial charge is 0.152 e. The number of nitrogens with zero attached hydrogens (tertiary/aromatic N) is 2. The third-order valence-electron chi connectivity index (χ3n) is 2.60. The molecule has 0 radical (unpaired) electrons. The summed E-state index contributed by atoms with van der Waals surface area (Å²) in [7, 11) is 1.96. The SMILES string of the molecule is Cc1nc(CN(C)c2cc(Br)ccc2C=O)cs1. The minimum absolute atomic E-state index is 0.688. The van der Waals surface area contributed by atoms with Crippen molar-refractivity contribution < 1.29 is 4.79 Å². The van der Waals surface area contributed by atoms with Crippen LogP contribution in [0.25, 0.3) is 0 Å². The van der Waals surface area contributed by atoms with Gasteiger partial charge in [-0.1, -0.05) is 15.9 Å². The first-order valence-electron chi connectivity index (χ1n) is 5.47. The van der Waals surface area contributed by atoms with Crippen molar-refractivity contribution in [3.05, 3.63) is 44.3 Å². The summed E-state index contributed by atoms with van der Waals surface area (Å²) >= 11 is 5.07. The summed E-state index contributed by atoms with van der Waals surface area (Å²) in [5.41, 5.74) is 2.62. The van der Waals surface area contributed by atoms with E-state index in [1.165, 1.54) is 0 Å². The summed E-state index contributed by atoms with van der Waals surface area (Å²) in [6, 6.07) is 5.63. The Morgan fingerprint density at radius 2 is 2.28 bits per heavy atom. The number of carbonyl (C=O) groups excluding carboxylic acids is 1. The number of aryl methyl sites for hydroxylation is 1. The fourth-order valence-corrected chi connectivity index (χ4v) is 2.71. The Balaban J connectivity index is 2.25. The van der Waals surface area contributed by atoms with Crippen LogP contribution < -0.4 is 4.90 Å². The number of halogens is 1. The van der Waals surface area contributed by atoms with Crippen LogP contribution in [0.1, 0.15) is 21.1 Å². The average molecular weight is 325 g/mol. The summed E-state index contributed by atoms with van der Waals surface area (Å²) < 4.78 is 0.962. The first-order valence-corrected chi connectivity index (χ1v) is 7.14. The molecule has 0 spiro atoms. The Morgan fingerprint density at radius 1 is 1.50 bits per heavy atom. The normalized spacial score (nSPS) is 10.4. The number of hydrogen-bond acceptors (Lipinski definition) is 4. The minimum Gasteiger partial charge on any atom is -0.368 e. The van der Waals surface area contributed by atoms with Crippen molar-refractivity contribution in [3.63, 3.8) is 0 Å². The van der Waals surface area contributed by atoms with E-state index in [-0.39, 0.29) is 0 Å². The lowest BCUT2D eigenvalue weighted by atomic mass is 10.2. The lowest BCUT2D eigenvalue weighted by molar-refractivity contribution is 0.112. The van der Waals surface area contributed by atoms with Crippen molar-refractivity contribution in [1.29, 1.82) is 0 Å². The molecule has 0 atom stereocenters. The van der Waals surface area contributed by atoms with Crippen molar-refractivity contribution in [2.75, 3.05) is 11.9 Å². The third-order valence-corrected chi connectivity index (χ3v) is 3.91. The lowest BCUT2D eigenvalue weighted by Gasteiger charge is -2.20. The van der Waals surface area contributed by atoms with E-state index in [2.05, 4.69) is 20.9 Å². The number of hydrogen-bond donors (Lipinski definition) is 0. The summed E-state index contributed by atoms with van der Waals surface area (Å²) in [5, 5.41) is 3.10. The van der Waals surface area contributed by atoms with Gasteiger partial charge in [-0.3, -0.25) is 4.79 Å². The second kappa shape index (κ2) is 5.63. The van der Waals surface area contributed by atoms with Crippen LogP contribution in [0.15, 0.2) is 28.1 Å². The van der Waals surface area contributed by atoms with Gasteiger partial charge in [0.1, 0.15) is 0 Å². The highest BCUT2D eigenvalue weighted by Gasteiger charge is 2.09. The predicted molar refractivity (Wildman–Crippen MR) is 78.5 cm³/mol. The number of thiazole rings is 1. The maximum Gasteiger partial charge on any atom is 0.152 e. The van der Waals surface area contributed by atoms with Gasteiger partial charge >= 0.3 is 0 Å². The van der Waals surface area contributed by atoms with E-state index in [1.54, 1.807) is 11.3 Å². The van der Waals surface area contributed by atoms with E-state index < -0.39 is 0 Å². The number of carbonyl (C=O) groups is 1. The van der Waals surface area contributed by atoms with E-state index in [0.717, 1.165) is 27.1 Å². The molecule has 0 N–H and O–H groups in total. The first-order chi connectivity index (χ1) is 8.60. The van der Waals surface area contributed by atoms with Gasteiger partial charge in [0.15, 0.2) is 6.29 Å². The maximum absolute atomic E-state index is 11.0. The zero-order chi connectivity index (χ0) is 13.1. The van der Waals surface area contributed by atoms with Gasteiger partial charge in [-0.15, -0.1) is 11.3 Å². The van der Waals surface area contributed by atoms with Crippen LogP contribution in [-0.4, -0.2) is 18.3 Å². The average Bonchev–Trinajstić information content (AvgIpc) is 2.74. The van der Waals surface area contributed by atoms with E-state index in [4.69, 9.17) is 0 Å². The van der Waals surface area contributed by atoms with E-state index in [9.17, 15) is 4.79 Å². The molecule has 2 aromatic rings. The third kappa shape index (κ3) is 2.97. The van der Waals surface area contributed by atoms with Gasteiger partial charge in [-0.25, -0.2) is 4.98 Å². The zero-order valence-electron chi connectivity index (χ0n) is 10.2. The zero-order valence-corrected chi connectivity index (χ0v) is 12.6. The van der Waals surface area contributed by atoms with Crippen LogP contribution in [0.2, 0.25) is 0 Å². The van der Waals surface area contributed by atoms with Gasteiger partial charge in [-0.05, 0) is 25.1 Å². The highest BCUT2D eigenvalue weighted by Crippen LogP contribution is 2.24. The monoisotopic (exact) mass is 324 g/mol. The number of anilines is 1. The van der Waals surface area contributed by atoms with Crippen molar-refractivity contribution in [1.82, 2.24) is 4.98 Å². The largest absolute Gasteiger partial charge is 0.368 e. The second-order valence-electron chi connectivity index (χ2n) is 4.03. The molecule has 0 aliphatic heterocycles. The van der Waals surface area contributed by atoms with Crippen LogP contribution in [0, 0.1) is 6.92 Å². The molecule has 3 nitrogen and oxygen atoms in total. The maximum atomic E-state index is 11.0. The molecule has 0 fully saturated rings. The fraction of sp³-hybridized carbons (Fsp3) is 0.231. The van der Waals surface area contributed by atoms with Crippen molar-refractivity contribution in [3.8, 4) is 0 Å². The fourth-order valence-electron chi connectivity index (χ4n) is 1.76. The topological polar surface area (TPSA) is 33.2 Å². The quantitative estimate of drug-likeness (QED) is 0.804. The second-order valence-corrected chi connectivity index (χ2v) is 6.01. The van der Waals surface area contributed by atoms with Gasteiger partial charge in [-0.2, -0.15) is 0 Å². The highest BCUT2D eigenvalue weighted by atomic mass is 79.9. The summed E-state index contributed by atoms with van der Waals surface area (Å²) in [6.07, 6.45) is 0.880. The summed E-state index contributed by atoms with van der Waals surface area (Å²) in [4.78, 5) is 17.5. The van der Waals surface area contributed by atoms with Crippen molar-refractivity contribution in [2.45, 2.75) is 13.5 Å². The van der Waals surface area contributed by atoms with Gasteiger partial charge < -0.3 is 4.90 Å². The standard InChI is InChI=1S/C13H13BrN2OS/c1-9-15-12(8-18-9)6-16(2)13-5-11(14)4-3-10(13)7-17/h3-5,7-8H,6H2,1-2H3. The molecular weight excluding hydrogens is 312 g/mol. The lowest BCUT2D eigenvalue weighted by Crippen LogP contribution is -2.18. The van der Waals surface area contributed by atoms with Gasteiger partial charge in [0.25, 0.3) is 0 Å². The molecule has 2 rings (SSSR count). The number of aromatic nitrogens is 1. The molecule has 0 aliphatic carbocycles. The Morgan fingerprint density at radius 3 is 2.89 bits per heavy atom. The van der Waals surface area contributed by atoms with Crippen molar-refractivity contribution >= 4 is 39.2 Å². The molecule has 0 aliphatic rings. The molecule has 0 saturated heterocycles. The van der Waals surface area contributed by atoms with E-state index in [0.29, 0.717) is 12.1 Å². The van der Waals surface area contributed by atoms with Crippen LogP contribution in [0.3, 0.4) is 0 Å². The molecule has 18 heavy (non-hydrogen) atoms. The molecule has 1 heterocycles. The van der Waals surface area contributed by atoms with Crippen LogP contribution in [0.5, 0.6) is 0 Å². The van der Waals surface area contributed by atoms with E-state index in [1.807, 2.05) is 42.5 Å². The van der Waals surface area contributed by atoms with Gasteiger partial charge in [0.2, 0.25) is 0 Å². The summed E-state index contributed by atoms with van der Waals surface area (Å²) in [6.45, 7) is 2.69. The number of rotatable bonds is 4. The van der Waals surface area contributed by atoms with Crippen LogP contribution >= 0.6 is 27.3 Å². The molecule has 1 aromatic heterocycles. The highest BCUT2D eigenvalue weighted by molar-refractivity contribution is 9.10. The number of aldehydes is 1. The van der Waals surface area contributed by atoms with Gasteiger partial charge in [0, 0.05) is 28.2 Å². The Hall–Kier alpha value is -1.20. The van der Waals surface area contributed by atoms with Crippen LogP contribution in [0.4, 0.5) is 5.69 Å². The molecule has 0 saturated carbocycles. The Bertz CT molecular complexity index is 568. The van der Waals surface area contributed by atoms with Crippen molar-refractivity contribution in [2.24, 2.45) is 0 Å². The van der Waals surface area contributed by atoms with Gasteiger partial charge in [0.05, 0.1) is 17.2 Å². The Kier molecular flexibility index (Phi) is 4.14.